The van der Waals surface area contributed by atoms with Crippen LogP contribution in [0.4, 0.5) is 0 Å². The lowest BCUT2D eigenvalue weighted by molar-refractivity contribution is 0.248. The molecular weight excluding hydrogens is 208 g/mol. The second kappa shape index (κ2) is 5.45. The first kappa shape index (κ1) is 12.4. The van der Waals surface area contributed by atoms with Crippen molar-refractivity contribution in [1.82, 2.24) is 19.9 Å². The third-order valence-electron chi connectivity index (χ3n) is 2.45. The molecule has 3 N–H and O–H groups in total. The fraction of sp³-hybridized carbons (Fsp3) is 0.667. The Kier molecular flexibility index (Phi) is 4.24. The van der Waals surface area contributed by atoms with Gasteiger partial charge in [-0.15, -0.1) is 5.10 Å². The Bertz CT molecular complexity index is 361. The Morgan fingerprint density at radius 3 is 2.94 bits per heavy atom. The summed E-state index contributed by atoms with van der Waals surface area (Å²) in [5.74, 6) is 0.235. The molecule has 0 aliphatic rings. The molecule has 7 nitrogen and oxygen atoms in total. The highest BCUT2D eigenvalue weighted by Crippen LogP contribution is 2.05. The zero-order valence-electron chi connectivity index (χ0n) is 9.83. The van der Waals surface area contributed by atoms with Crippen molar-refractivity contribution in [1.29, 1.82) is 0 Å². The van der Waals surface area contributed by atoms with Gasteiger partial charge in [0.2, 0.25) is 0 Å². The van der Waals surface area contributed by atoms with Gasteiger partial charge in [-0.05, 0) is 14.0 Å². The van der Waals surface area contributed by atoms with E-state index in [1.165, 1.54) is 0 Å². The van der Waals surface area contributed by atoms with Crippen molar-refractivity contribution in [3.63, 3.8) is 0 Å². The van der Waals surface area contributed by atoms with Gasteiger partial charge < -0.3 is 10.9 Å². The monoisotopic (exact) mass is 226 g/mol. The molecule has 16 heavy (non-hydrogen) atoms. The zero-order chi connectivity index (χ0) is 12.1. The predicted octanol–water partition coefficient (Wildman–Crippen LogP) is -0.228. The normalized spacial score (nSPS) is 14.4. The Morgan fingerprint density at radius 2 is 2.44 bits per heavy atom. The molecule has 1 atom stereocenters. The van der Waals surface area contributed by atoms with E-state index in [0.29, 0.717) is 13.0 Å². The molecule has 0 bridgehead atoms. The SMILES string of the molecule is CC(CC(N)=NO)N(C)Cc1cn(C)nn1. The van der Waals surface area contributed by atoms with Gasteiger partial charge in [0.25, 0.3) is 0 Å². The van der Waals surface area contributed by atoms with E-state index < -0.39 is 0 Å². The summed E-state index contributed by atoms with van der Waals surface area (Å²) >= 11 is 0. The van der Waals surface area contributed by atoms with Crippen molar-refractivity contribution in [2.45, 2.75) is 25.9 Å². The van der Waals surface area contributed by atoms with Gasteiger partial charge in [-0.2, -0.15) is 0 Å². The van der Waals surface area contributed by atoms with Crippen molar-refractivity contribution in [2.75, 3.05) is 7.05 Å². The average Bonchev–Trinajstić information content (AvgIpc) is 2.63. The smallest absolute Gasteiger partial charge is 0.140 e. The van der Waals surface area contributed by atoms with Crippen LogP contribution in [-0.2, 0) is 13.6 Å². The number of oxime groups is 1. The summed E-state index contributed by atoms with van der Waals surface area (Å²) in [5, 5.41) is 19.3. The molecule has 0 aliphatic heterocycles. The summed E-state index contributed by atoms with van der Waals surface area (Å²) in [6, 6.07) is 0.179. The summed E-state index contributed by atoms with van der Waals surface area (Å²) in [6.07, 6.45) is 2.39. The summed E-state index contributed by atoms with van der Waals surface area (Å²) in [6.45, 7) is 2.70. The van der Waals surface area contributed by atoms with Gasteiger partial charge in [0.1, 0.15) is 5.84 Å². The molecule has 0 fully saturated rings. The maximum Gasteiger partial charge on any atom is 0.140 e. The van der Waals surface area contributed by atoms with Crippen molar-refractivity contribution in [3.05, 3.63) is 11.9 Å². The van der Waals surface area contributed by atoms with Gasteiger partial charge >= 0.3 is 0 Å². The van der Waals surface area contributed by atoms with Gasteiger partial charge in [-0.1, -0.05) is 10.4 Å². The third kappa shape index (κ3) is 3.50. The molecule has 1 heterocycles. The molecule has 0 saturated carbocycles. The highest BCUT2D eigenvalue weighted by molar-refractivity contribution is 5.80. The molecule has 0 aliphatic carbocycles. The molecule has 1 rings (SSSR count). The van der Waals surface area contributed by atoms with E-state index in [2.05, 4.69) is 20.4 Å². The Balaban J connectivity index is 2.48. The minimum Gasteiger partial charge on any atom is -0.409 e. The van der Waals surface area contributed by atoms with Crippen LogP contribution < -0.4 is 5.73 Å². The van der Waals surface area contributed by atoms with Gasteiger partial charge in [-0.3, -0.25) is 9.58 Å². The standard InChI is InChI=1S/C9H18N6O/c1-7(4-9(10)12-16)14(2)5-8-6-15(3)13-11-8/h6-7,16H,4-5H2,1-3H3,(H2,10,12). The Labute approximate surface area is 94.5 Å². The van der Waals surface area contributed by atoms with E-state index in [4.69, 9.17) is 10.9 Å². The molecule has 0 radical (unpaired) electrons. The van der Waals surface area contributed by atoms with Crippen molar-refractivity contribution in [2.24, 2.45) is 17.9 Å². The molecule has 0 saturated heterocycles. The van der Waals surface area contributed by atoms with Gasteiger partial charge in [0, 0.05) is 32.3 Å². The van der Waals surface area contributed by atoms with Crippen LogP contribution in [-0.4, -0.2) is 44.0 Å². The number of aryl methyl sites for hydroxylation is 1. The number of amidine groups is 1. The van der Waals surface area contributed by atoms with E-state index in [-0.39, 0.29) is 11.9 Å². The van der Waals surface area contributed by atoms with Crippen LogP contribution in [0.25, 0.3) is 0 Å². The molecule has 0 spiro atoms. The molecule has 0 aromatic carbocycles. The van der Waals surface area contributed by atoms with E-state index in [1.54, 1.807) is 4.68 Å². The minimum atomic E-state index is 0.179. The maximum absolute atomic E-state index is 8.48. The molecule has 90 valence electrons. The van der Waals surface area contributed by atoms with Crippen molar-refractivity contribution < 1.29 is 5.21 Å². The van der Waals surface area contributed by atoms with Crippen molar-refractivity contribution in [3.8, 4) is 0 Å². The van der Waals surface area contributed by atoms with E-state index in [9.17, 15) is 0 Å². The van der Waals surface area contributed by atoms with Crippen LogP contribution >= 0.6 is 0 Å². The number of rotatable bonds is 5. The lowest BCUT2D eigenvalue weighted by Gasteiger charge is -2.22. The summed E-state index contributed by atoms with van der Waals surface area (Å²) in [5.41, 5.74) is 6.35. The average molecular weight is 226 g/mol. The first-order chi connectivity index (χ1) is 7.52. The van der Waals surface area contributed by atoms with E-state index >= 15 is 0 Å². The van der Waals surface area contributed by atoms with Crippen LogP contribution in [0.15, 0.2) is 11.4 Å². The fourth-order valence-electron chi connectivity index (χ4n) is 1.38. The lowest BCUT2D eigenvalue weighted by atomic mass is 10.2. The zero-order valence-corrected chi connectivity index (χ0v) is 9.83. The third-order valence-corrected chi connectivity index (χ3v) is 2.45. The number of nitrogens with two attached hydrogens (primary N) is 1. The highest BCUT2D eigenvalue weighted by atomic mass is 16.4. The first-order valence-corrected chi connectivity index (χ1v) is 5.04. The summed E-state index contributed by atoms with van der Waals surface area (Å²) in [4.78, 5) is 2.07. The quantitative estimate of drug-likeness (QED) is 0.313. The Hall–Kier alpha value is -1.63. The topological polar surface area (TPSA) is 92.6 Å². The molecule has 1 aromatic rings. The second-order valence-electron chi connectivity index (χ2n) is 3.94. The number of nitrogens with zero attached hydrogens (tertiary/aromatic N) is 5. The number of hydrogen-bond donors (Lipinski definition) is 2. The fourth-order valence-corrected chi connectivity index (χ4v) is 1.38. The van der Waals surface area contributed by atoms with Gasteiger partial charge in [-0.25, -0.2) is 0 Å². The predicted molar refractivity (Wildman–Crippen MR) is 60.0 cm³/mol. The molecule has 1 unspecified atom stereocenters. The van der Waals surface area contributed by atoms with Gasteiger partial charge in [0.05, 0.1) is 5.69 Å². The second-order valence-corrected chi connectivity index (χ2v) is 3.94. The number of aromatic nitrogens is 3. The largest absolute Gasteiger partial charge is 0.409 e. The molecule has 1 aromatic heterocycles. The Morgan fingerprint density at radius 1 is 1.75 bits per heavy atom. The molecular formula is C9H18N6O. The van der Waals surface area contributed by atoms with E-state index in [0.717, 1.165) is 5.69 Å². The molecule has 7 heteroatoms. The summed E-state index contributed by atoms with van der Waals surface area (Å²) < 4.78 is 1.66. The number of hydrogen-bond acceptors (Lipinski definition) is 5. The van der Waals surface area contributed by atoms with Crippen molar-refractivity contribution >= 4 is 5.84 Å². The van der Waals surface area contributed by atoms with Crippen LogP contribution in [0.3, 0.4) is 0 Å². The van der Waals surface area contributed by atoms with Crippen LogP contribution in [0.2, 0.25) is 0 Å². The summed E-state index contributed by atoms with van der Waals surface area (Å²) in [7, 11) is 3.79. The van der Waals surface area contributed by atoms with Crippen LogP contribution in [0, 0.1) is 0 Å². The highest BCUT2D eigenvalue weighted by Gasteiger charge is 2.12. The minimum absolute atomic E-state index is 0.179. The lowest BCUT2D eigenvalue weighted by Crippen LogP contribution is -2.32. The van der Waals surface area contributed by atoms with Gasteiger partial charge in [0.15, 0.2) is 0 Å². The van der Waals surface area contributed by atoms with Crippen LogP contribution in [0.1, 0.15) is 19.0 Å². The van der Waals surface area contributed by atoms with Crippen LogP contribution in [0.5, 0.6) is 0 Å². The maximum atomic E-state index is 8.48. The molecule has 0 amide bonds. The van der Waals surface area contributed by atoms with E-state index in [1.807, 2.05) is 27.2 Å². The first-order valence-electron chi connectivity index (χ1n) is 5.04.